The zero-order valence-corrected chi connectivity index (χ0v) is 19.9. The molecule has 7 atom stereocenters. The lowest BCUT2D eigenvalue weighted by molar-refractivity contribution is -0.147. The van der Waals surface area contributed by atoms with Gasteiger partial charge < -0.3 is 19.8 Å². The molecule has 7 unspecified atom stereocenters. The summed E-state index contributed by atoms with van der Waals surface area (Å²) in [6, 6.07) is 6.98. The Labute approximate surface area is 196 Å². The molecule has 2 N–H and O–H groups in total. The second kappa shape index (κ2) is 7.08. The first kappa shape index (κ1) is 20.5. The van der Waals surface area contributed by atoms with E-state index >= 15 is 0 Å². The van der Waals surface area contributed by atoms with Gasteiger partial charge in [-0.05, 0) is 87.3 Å². The number of benzene rings is 1. The van der Waals surface area contributed by atoms with Gasteiger partial charge in [-0.25, -0.2) is 0 Å². The molecule has 2 saturated carbocycles. The van der Waals surface area contributed by atoms with E-state index in [-0.39, 0.29) is 35.0 Å². The first-order chi connectivity index (χ1) is 16.0. The molecule has 1 spiro atoms. The molecule has 5 aliphatic rings. The fourth-order valence-electron chi connectivity index (χ4n) is 8.24. The largest absolute Gasteiger partial charge is 0.462 e. The third kappa shape index (κ3) is 3.07. The Morgan fingerprint density at radius 3 is 2.97 bits per heavy atom. The number of aryl methyl sites for hydroxylation is 2. The zero-order chi connectivity index (χ0) is 22.4. The Kier molecular flexibility index (Phi) is 4.40. The van der Waals surface area contributed by atoms with Gasteiger partial charge in [0.15, 0.2) is 0 Å². The summed E-state index contributed by atoms with van der Waals surface area (Å²) >= 11 is 0. The minimum atomic E-state index is -0.0331. The van der Waals surface area contributed by atoms with Crippen molar-refractivity contribution in [3.63, 3.8) is 0 Å². The highest BCUT2D eigenvalue weighted by atomic mass is 16.6. The Balaban J connectivity index is 1.11. The van der Waals surface area contributed by atoms with E-state index in [2.05, 4.69) is 42.3 Å². The van der Waals surface area contributed by atoms with Gasteiger partial charge in [-0.1, -0.05) is 18.6 Å². The smallest absolute Gasteiger partial charge is 0.310 e. The van der Waals surface area contributed by atoms with Crippen LogP contribution in [0.1, 0.15) is 74.7 Å². The molecule has 0 bridgehead atoms. The summed E-state index contributed by atoms with van der Waals surface area (Å²) in [6.07, 6.45) is 9.33. The van der Waals surface area contributed by atoms with Crippen LogP contribution in [0.3, 0.4) is 0 Å². The molecule has 2 saturated heterocycles. The molecule has 5 nitrogen and oxygen atoms in total. The molecule has 4 fully saturated rings. The van der Waals surface area contributed by atoms with Crippen molar-refractivity contribution in [3.05, 3.63) is 35.0 Å². The van der Waals surface area contributed by atoms with Crippen LogP contribution in [-0.2, 0) is 20.7 Å². The molecule has 3 aliphatic carbocycles. The summed E-state index contributed by atoms with van der Waals surface area (Å²) in [5.74, 6) is 0.897. The van der Waals surface area contributed by atoms with E-state index in [4.69, 9.17) is 9.47 Å². The van der Waals surface area contributed by atoms with Gasteiger partial charge in [0.1, 0.15) is 6.10 Å². The lowest BCUT2D eigenvalue weighted by Crippen LogP contribution is -2.51. The topological polar surface area (TPSA) is 66.7 Å². The number of epoxide rings is 1. The molecule has 0 amide bonds. The molecule has 5 heteroatoms. The summed E-state index contributed by atoms with van der Waals surface area (Å²) in [5, 5.41) is 5.18. The number of hydrogen-bond donors (Lipinski definition) is 2. The average Bonchev–Trinajstić information content (AvgIpc) is 3.35. The number of esters is 1. The maximum Gasteiger partial charge on any atom is 0.310 e. The molecule has 33 heavy (non-hydrogen) atoms. The summed E-state index contributed by atoms with van der Waals surface area (Å²) in [4.78, 5) is 16.7. The van der Waals surface area contributed by atoms with Crippen LogP contribution in [0.5, 0.6) is 0 Å². The molecule has 1 aromatic heterocycles. The monoisotopic (exact) mass is 448 g/mol. The highest BCUT2D eigenvalue weighted by Gasteiger charge is 2.65. The van der Waals surface area contributed by atoms with E-state index in [1.807, 2.05) is 0 Å². The number of ether oxygens (including phenoxy) is 2. The summed E-state index contributed by atoms with van der Waals surface area (Å²) < 4.78 is 12.1. The number of rotatable bonds is 3. The second-order valence-electron chi connectivity index (χ2n) is 12.0. The SMILES string of the molecule is Cc1ccc2[nH]c3c(c2c1)CCCC3NCC1C(=O)OC2CC3(C)CCCC4(CO4)C3CC21. The van der Waals surface area contributed by atoms with E-state index in [1.165, 1.54) is 53.4 Å². The molecule has 2 aromatic rings. The molecule has 3 heterocycles. The number of carbonyl (C=O) groups excluding carboxylic acids is 1. The minimum absolute atomic E-state index is 0.0221. The fraction of sp³-hybridized carbons (Fsp3) is 0.679. The molecular weight excluding hydrogens is 412 g/mol. The predicted molar refractivity (Wildman–Crippen MR) is 127 cm³/mol. The number of nitrogens with one attached hydrogen (secondary N) is 2. The van der Waals surface area contributed by atoms with E-state index in [0.717, 1.165) is 38.8 Å². The maximum absolute atomic E-state index is 13.0. The van der Waals surface area contributed by atoms with Crippen LogP contribution in [0.2, 0.25) is 0 Å². The van der Waals surface area contributed by atoms with Crippen molar-refractivity contribution in [2.75, 3.05) is 13.2 Å². The van der Waals surface area contributed by atoms with Crippen molar-refractivity contribution < 1.29 is 14.3 Å². The molecule has 7 rings (SSSR count). The summed E-state index contributed by atoms with van der Waals surface area (Å²) in [6.45, 7) is 6.23. The molecule has 0 radical (unpaired) electrons. The highest BCUT2D eigenvalue weighted by Crippen LogP contribution is 2.62. The highest BCUT2D eigenvalue weighted by molar-refractivity contribution is 5.85. The van der Waals surface area contributed by atoms with Gasteiger partial charge in [0.2, 0.25) is 0 Å². The summed E-state index contributed by atoms with van der Waals surface area (Å²) in [5.41, 5.74) is 5.72. The maximum atomic E-state index is 13.0. The van der Waals surface area contributed by atoms with Crippen molar-refractivity contribution >= 4 is 16.9 Å². The van der Waals surface area contributed by atoms with Gasteiger partial charge in [0.25, 0.3) is 0 Å². The van der Waals surface area contributed by atoms with Crippen molar-refractivity contribution in [1.29, 1.82) is 0 Å². The molecule has 176 valence electrons. The van der Waals surface area contributed by atoms with E-state index in [0.29, 0.717) is 11.8 Å². The lowest BCUT2D eigenvalue weighted by atomic mass is 9.53. The first-order valence-electron chi connectivity index (χ1n) is 13.1. The van der Waals surface area contributed by atoms with Crippen LogP contribution < -0.4 is 5.32 Å². The third-order valence-electron chi connectivity index (χ3n) is 10.0. The van der Waals surface area contributed by atoms with Crippen molar-refractivity contribution in [1.82, 2.24) is 10.3 Å². The van der Waals surface area contributed by atoms with Gasteiger partial charge in [-0.2, -0.15) is 0 Å². The minimum Gasteiger partial charge on any atom is -0.462 e. The first-order valence-corrected chi connectivity index (χ1v) is 13.1. The Bertz CT molecular complexity index is 1120. The lowest BCUT2D eigenvalue weighted by Gasteiger charge is -2.51. The van der Waals surface area contributed by atoms with Gasteiger partial charge in [0.05, 0.1) is 18.1 Å². The van der Waals surface area contributed by atoms with E-state index in [9.17, 15) is 4.79 Å². The number of fused-ring (bicyclic) bond motifs is 6. The van der Waals surface area contributed by atoms with Crippen LogP contribution in [0.25, 0.3) is 10.9 Å². The zero-order valence-electron chi connectivity index (χ0n) is 19.9. The van der Waals surface area contributed by atoms with Gasteiger partial charge in [-0.3, -0.25) is 4.79 Å². The second-order valence-corrected chi connectivity index (χ2v) is 12.0. The van der Waals surface area contributed by atoms with Crippen LogP contribution in [-0.4, -0.2) is 35.8 Å². The van der Waals surface area contributed by atoms with Crippen LogP contribution in [0, 0.1) is 30.1 Å². The van der Waals surface area contributed by atoms with Crippen molar-refractivity contribution in [3.8, 4) is 0 Å². The Morgan fingerprint density at radius 2 is 2.12 bits per heavy atom. The van der Waals surface area contributed by atoms with Gasteiger partial charge in [0, 0.05) is 35.1 Å². The third-order valence-corrected chi connectivity index (χ3v) is 10.0. The van der Waals surface area contributed by atoms with E-state index in [1.54, 1.807) is 0 Å². The van der Waals surface area contributed by atoms with Crippen LogP contribution in [0.15, 0.2) is 18.2 Å². The number of carbonyl (C=O) groups is 1. The van der Waals surface area contributed by atoms with Gasteiger partial charge >= 0.3 is 5.97 Å². The Morgan fingerprint density at radius 1 is 1.24 bits per heavy atom. The molecule has 1 aromatic carbocycles. The quantitative estimate of drug-likeness (QED) is 0.514. The van der Waals surface area contributed by atoms with Crippen molar-refractivity contribution in [2.24, 2.45) is 23.2 Å². The van der Waals surface area contributed by atoms with Crippen LogP contribution >= 0.6 is 0 Å². The fourth-order valence-corrected chi connectivity index (χ4v) is 8.24. The summed E-state index contributed by atoms with van der Waals surface area (Å²) in [7, 11) is 0. The number of aromatic nitrogens is 1. The predicted octanol–water partition coefficient (Wildman–Crippen LogP) is 4.97. The van der Waals surface area contributed by atoms with Crippen LogP contribution in [0.4, 0.5) is 0 Å². The number of aromatic amines is 1. The molecular formula is C28H36N2O3. The van der Waals surface area contributed by atoms with Crippen molar-refractivity contribution in [2.45, 2.75) is 83.0 Å². The van der Waals surface area contributed by atoms with Gasteiger partial charge in [-0.15, -0.1) is 0 Å². The Hall–Kier alpha value is -1.85. The number of hydrogen-bond acceptors (Lipinski definition) is 4. The van der Waals surface area contributed by atoms with E-state index < -0.39 is 0 Å². The number of H-pyrrole nitrogens is 1. The molecule has 2 aliphatic heterocycles. The normalized spacial score (nSPS) is 41.5. The standard InChI is InChI=1S/C28H36N2O3/c1-16-7-8-21-18(11-16)17-5-3-6-22(25(17)30-21)29-14-20-19-12-24-27(2,13-23(19)33-26(20)31)9-4-10-28(24)15-32-28/h7-8,11,19-20,22-24,29-30H,3-6,9-10,12-15H2,1-2H3. The average molecular weight is 449 g/mol.